The molecule has 1 amide bonds. The van der Waals surface area contributed by atoms with Gasteiger partial charge >= 0.3 is 0 Å². The zero-order valence-corrected chi connectivity index (χ0v) is 16.8. The van der Waals surface area contributed by atoms with Crippen LogP contribution in [0.2, 0.25) is 0 Å². The minimum absolute atomic E-state index is 0.0693. The molecule has 0 aliphatic carbocycles. The number of para-hydroxylation sites is 1. The molecule has 1 aromatic carbocycles. The van der Waals surface area contributed by atoms with Gasteiger partial charge in [-0.25, -0.2) is 4.68 Å². The highest BCUT2D eigenvalue weighted by molar-refractivity contribution is 7.13. The minimum Gasteiger partial charge on any atom is -0.338 e. The third-order valence-electron chi connectivity index (χ3n) is 4.95. The van der Waals surface area contributed by atoms with Crippen LogP contribution in [0, 0.1) is 0 Å². The van der Waals surface area contributed by atoms with E-state index in [4.69, 9.17) is 5.10 Å². The summed E-state index contributed by atoms with van der Waals surface area (Å²) in [5.41, 5.74) is 2.85. The predicted molar refractivity (Wildman–Crippen MR) is 115 cm³/mol. The molecule has 0 bridgehead atoms. The van der Waals surface area contributed by atoms with E-state index in [-0.39, 0.29) is 5.91 Å². The first-order valence-corrected chi connectivity index (χ1v) is 10.4. The quantitative estimate of drug-likeness (QED) is 0.635. The summed E-state index contributed by atoms with van der Waals surface area (Å²) in [6.45, 7) is 3.56. The highest BCUT2D eigenvalue weighted by atomic mass is 32.1. The summed E-state index contributed by atoms with van der Waals surface area (Å²) in [6.07, 6.45) is 6.60. The summed E-state index contributed by atoms with van der Waals surface area (Å²) in [5, 5.41) is 6.83. The van der Waals surface area contributed by atoms with Crippen molar-refractivity contribution < 1.29 is 4.79 Å². The molecule has 1 aliphatic rings. The van der Waals surface area contributed by atoms with Gasteiger partial charge in [0.2, 0.25) is 5.91 Å². The average molecular weight is 393 g/mol. The summed E-state index contributed by atoms with van der Waals surface area (Å²) >= 11 is 1.65. The summed E-state index contributed by atoms with van der Waals surface area (Å²) < 4.78 is 1.88. The van der Waals surface area contributed by atoms with E-state index in [2.05, 4.69) is 18.0 Å². The molecule has 0 unspecified atom stereocenters. The van der Waals surface area contributed by atoms with E-state index < -0.39 is 0 Å². The van der Waals surface area contributed by atoms with Crippen LogP contribution in [0.4, 0.5) is 0 Å². The van der Waals surface area contributed by atoms with Crippen LogP contribution in [0.15, 0.2) is 60.1 Å². The molecule has 5 nitrogen and oxygen atoms in total. The van der Waals surface area contributed by atoms with Gasteiger partial charge in [-0.1, -0.05) is 24.3 Å². The van der Waals surface area contributed by atoms with E-state index in [0.29, 0.717) is 0 Å². The molecule has 0 atom stereocenters. The number of nitrogens with zero attached hydrogens (tertiary/aromatic N) is 4. The Morgan fingerprint density at radius 2 is 1.93 bits per heavy atom. The Hall–Kier alpha value is -2.70. The Morgan fingerprint density at radius 3 is 2.71 bits per heavy atom. The average Bonchev–Trinajstić information content (AvgIpc) is 3.34. The summed E-state index contributed by atoms with van der Waals surface area (Å²) in [7, 11) is 2.11. The third-order valence-corrected chi connectivity index (χ3v) is 5.83. The molecule has 0 N–H and O–H groups in total. The first-order chi connectivity index (χ1) is 13.7. The minimum atomic E-state index is 0.0693. The van der Waals surface area contributed by atoms with Gasteiger partial charge in [0.25, 0.3) is 0 Å². The van der Waals surface area contributed by atoms with E-state index in [1.54, 1.807) is 17.4 Å². The maximum absolute atomic E-state index is 12.7. The smallest absolute Gasteiger partial charge is 0.246 e. The number of carbonyl (C=O) groups excluding carboxylic acids is 1. The highest BCUT2D eigenvalue weighted by Crippen LogP contribution is 2.28. The Bertz CT molecular complexity index is 946. The van der Waals surface area contributed by atoms with Gasteiger partial charge in [-0.05, 0) is 49.7 Å². The first-order valence-electron chi connectivity index (χ1n) is 9.55. The lowest BCUT2D eigenvalue weighted by Crippen LogP contribution is -2.33. The Kier molecular flexibility index (Phi) is 5.69. The SMILES string of the molecule is CN1CCCN(C(=O)/C=C/c2cn(-c3ccccc3)nc2-c2cccs2)CC1. The van der Waals surface area contributed by atoms with Crippen molar-refractivity contribution >= 4 is 23.3 Å². The Balaban J connectivity index is 1.60. The first kappa shape index (κ1) is 18.7. The molecule has 144 valence electrons. The molecular weight excluding hydrogens is 368 g/mol. The zero-order valence-electron chi connectivity index (χ0n) is 16.0. The van der Waals surface area contributed by atoms with Crippen LogP contribution in [0.5, 0.6) is 0 Å². The standard InChI is InChI=1S/C22H24N4OS/c1-24-12-6-13-25(15-14-24)21(27)11-10-18-17-26(19-7-3-2-4-8-19)23-22(18)20-9-5-16-28-20/h2-5,7-11,16-17H,6,12-15H2,1H3/b11-10+. The lowest BCUT2D eigenvalue weighted by molar-refractivity contribution is -0.125. The van der Waals surface area contributed by atoms with Crippen LogP contribution in [-0.4, -0.2) is 58.7 Å². The summed E-state index contributed by atoms with van der Waals surface area (Å²) in [6, 6.07) is 14.1. The van der Waals surface area contributed by atoms with Crippen molar-refractivity contribution in [2.45, 2.75) is 6.42 Å². The van der Waals surface area contributed by atoms with Crippen LogP contribution in [0.1, 0.15) is 12.0 Å². The fourth-order valence-electron chi connectivity index (χ4n) is 3.36. The molecule has 4 rings (SSSR count). The van der Waals surface area contributed by atoms with E-state index in [1.165, 1.54) is 0 Å². The van der Waals surface area contributed by atoms with Gasteiger partial charge in [-0.3, -0.25) is 4.79 Å². The number of amides is 1. The molecule has 1 saturated heterocycles. The molecule has 28 heavy (non-hydrogen) atoms. The van der Waals surface area contributed by atoms with Crippen LogP contribution < -0.4 is 0 Å². The van der Waals surface area contributed by atoms with Crippen molar-refractivity contribution in [1.29, 1.82) is 0 Å². The third kappa shape index (κ3) is 4.24. The van der Waals surface area contributed by atoms with Crippen LogP contribution in [0.3, 0.4) is 0 Å². The normalized spacial score (nSPS) is 15.8. The second-order valence-corrected chi connectivity index (χ2v) is 7.95. The number of hydrogen-bond acceptors (Lipinski definition) is 4. The molecular formula is C22H24N4OS. The van der Waals surface area contributed by atoms with Crippen molar-refractivity contribution in [3.8, 4) is 16.3 Å². The molecule has 3 aromatic rings. The number of thiophene rings is 1. The number of carbonyl (C=O) groups is 1. The van der Waals surface area contributed by atoms with Gasteiger partial charge in [-0.2, -0.15) is 5.10 Å². The largest absolute Gasteiger partial charge is 0.338 e. The molecule has 6 heteroatoms. The highest BCUT2D eigenvalue weighted by Gasteiger charge is 2.16. The van der Waals surface area contributed by atoms with Gasteiger partial charge in [0, 0.05) is 37.5 Å². The van der Waals surface area contributed by atoms with Crippen molar-refractivity contribution in [1.82, 2.24) is 19.6 Å². The second kappa shape index (κ2) is 8.54. The van der Waals surface area contributed by atoms with Gasteiger partial charge < -0.3 is 9.80 Å². The second-order valence-electron chi connectivity index (χ2n) is 7.01. The van der Waals surface area contributed by atoms with E-state index in [1.807, 2.05) is 63.6 Å². The molecule has 1 fully saturated rings. The van der Waals surface area contributed by atoms with Crippen molar-refractivity contribution in [3.63, 3.8) is 0 Å². The summed E-state index contributed by atoms with van der Waals surface area (Å²) in [4.78, 5) is 18.0. The fraction of sp³-hybridized carbons (Fsp3) is 0.273. The monoisotopic (exact) mass is 392 g/mol. The van der Waals surface area contributed by atoms with Crippen LogP contribution >= 0.6 is 11.3 Å². The maximum Gasteiger partial charge on any atom is 0.246 e. The maximum atomic E-state index is 12.7. The Morgan fingerprint density at radius 1 is 1.07 bits per heavy atom. The fourth-order valence-corrected chi connectivity index (χ4v) is 4.09. The van der Waals surface area contributed by atoms with E-state index in [0.717, 1.165) is 54.4 Å². The van der Waals surface area contributed by atoms with Crippen molar-refractivity contribution in [2.75, 3.05) is 33.2 Å². The van der Waals surface area contributed by atoms with Gasteiger partial charge in [0.15, 0.2) is 0 Å². The van der Waals surface area contributed by atoms with Gasteiger partial charge in [0.05, 0.1) is 10.6 Å². The van der Waals surface area contributed by atoms with Crippen molar-refractivity contribution in [2.24, 2.45) is 0 Å². The molecule has 0 radical (unpaired) electrons. The molecule has 3 heterocycles. The molecule has 2 aromatic heterocycles. The van der Waals surface area contributed by atoms with Crippen LogP contribution in [0.25, 0.3) is 22.3 Å². The number of benzene rings is 1. The molecule has 0 saturated carbocycles. The molecule has 1 aliphatic heterocycles. The van der Waals surface area contributed by atoms with Crippen LogP contribution in [-0.2, 0) is 4.79 Å². The van der Waals surface area contributed by atoms with Gasteiger partial charge in [0.1, 0.15) is 5.69 Å². The van der Waals surface area contributed by atoms with Crippen molar-refractivity contribution in [3.05, 3.63) is 65.7 Å². The predicted octanol–water partition coefficient (Wildman–Crippen LogP) is 3.78. The summed E-state index contributed by atoms with van der Waals surface area (Å²) in [5.74, 6) is 0.0693. The van der Waals surface area contributed by atoms with E-state index in [9.17, 15) is 4.79 Å². The Labute approximate surface area is 169 Å². The zero-order chi connectivity index (χ0) is 19.3. The number of aromatic nitrogens is 2. The molecule has 0 spiro atoms. The topological polar surface area (TPSA) is 41.4 Å². The number of rotatable bonds is 4. The van der Waals surface area contributed by atoms with E-state index >= 15 is 0 Å². The number of likely N-dealkylation sites (N-methyl/N-ethyl adjacent to an activating group) is 1. The number of hydrogen-bond donors (Lipinski definition) is 0. The van der Waals surface area contributed by atoms with Gasteiger partial charge in [-0.15, -0.1) is 11.3 Å². The lowest BCUT2D eigenvalue weighted by atomic mass is 10.2. The lowest BCUT2D eigenvalue weighted by Gasteiger charge is -2.18.